The number of nitrogens with zero attached hydrogens (tertiary/aromatic N) is 2. The number of amides is 1. The monoisotopic (exact) mass is 309 g/mol. The molecule has 0 fully saturated rings. The van der Waals surface area contributed by atoms with E-state index in [1.165, 1.54) is 0 Å². The van der Waals surface area contributed by atoms with Crippen molar-refractivity contribution in [3.05, 3.63) is 48.3 Å². The Labute approximate surface area is 134 Å². The molecule has 1 amide bonds. The van der Waals surface area contributed by atoms with Crippen LogP contribution in [0.4, 0.5) is 5.69 Å². The van der Waals surface area contributed by atoms with Crippen LogP contribution in [-0.2, 0) is 4.79 Å². The molecule has 0 spiro atoms. The minimum atomic E-state index is -0.0497. The Kier molecular flexibility index (Phi) is 4.02. The van der Waals surface area contributed by atoms with Crippen LogP contribution in [0.25, 0.3) is 16.9 Å². The van der Waals surface area contributed by atoms with Gasteiger partial charge in [-0.15, -0.1) is 0 Å². The summed E-state index contributed by atoms with van der Waals surface area (Å²) >= 11 is 0. The van der Waals surface area contributed by atoms with Crippen LogP contribution in [0, 0.1) is 6.92 Å². The Morgan fingerprint density at radius 3 is 2.87 bits per heavy atom. The van der Waals surface area contributed by atoms with Gasteiger partial charge >= 0.3 is 0 Å². The molecular formula is C18H19N3O2. The summed E-state index contributed by atoms with van der Waals surface area (Å²) in [5.74, 6) is 0.585. The number of aromatic nitrogens is 2. The highest BCUT2D eigenvalue weighted by Crippen LogP contribution is 2.30. The molecule has 0 atom stereocenters. The second-order valence-corrected chi connectivity index (χ2v) is 5.37. The Morgan fingerprint density at radius 2 is 2.17 bits per heavy atom. The van der Waals surface area contributed by atoms with E-state index in [1.807, 2.05) is 61.0 Å². The second-order valence-electron chi connectivity index (χ2n) is 5.37. The standard InChI is InChI=1S/C18H19N3O2/c1-4-17(22)19-14-10-13(7-8-16(14)23-3)15-11-21-9-5-6-12(2)18(21)20-15/h5-11H,4H2,1-3H3,(H,19,22). The first kappa shape index (κ1) is 15.1. The van der Waals surface area contributed by atoms with Crippen molar-refractivity contribution in [1.29, 1.82) is 0 Å². The summed E-state index contributed by atoms with van der Waals surface area (Å²) in [5, 5.41) is 2.87. The first-order valence-electron chi connectivity index (χ1n) is 7.55. The number of nitrogens with one attached hydrogen (secondary N) is 1. The quantitative estimate of drug-likeness (QED) is 0.800. The number of rotatable bonds is 4. The fraction of sp³-hybridized carbons (Fsp3) is 0.222. The number of methoxy groups -OCH3 is 1. The lowest BCUT2D eigenvalue weighted by Crippen LogP contribution is -2.10. The summed E-state index contributed by atoms with van der Waals surface area (Å²) in [4.78, 5) is 16.4. The van der Waals surface area contributed by atoms with Gasteiger partial charge in [0.15, 0.2) is 0 Å². The van der Waals surface area contributed by atoms with E-state index in [1.54, 1.807) is 7.11 Å². The maximum atomic E-state index is 11.7. The molecule has 0 aliphatic heterocycles. The minimum Gasteiger partial charge on any atom is -0.495 e. The van der Waals surface area contributed by atoms with Gasteiger partial charge in [0.05, 0.1) is 18.5 Å². The third-order valence-corrected chi connectivity index (χ3v) is 3.77. The number of aryl methyl sites for hydroxylation is 1. The average Bonchev–Trinajstić information content (AvgIpc) is 3.00. The molecule has 118 valence electrons. The molecule has 1 N–H and O–H groups in total. The number of carbonyl (C=O) groups excluding carboxylic acids is 1. The van der Waals surface area contributed by atoms with Gasteiger partial charge in [-0.05, 0) is 36.8 Å². The second kappa shape index (κ2) is 6.12. The third-order valence-electron chi connectivity index (χ3n) is 3.77. The fourth-order valence-corrected chi connectivity index (χ4v) is 2.50. The van der Waals surface area contributed by atoms with Crippen molar-refractivity contribution in [2.24, 2.45) is 0 Å². The number of anilines is 1. The van der Waals surface area contributed by atoms with Crippen LogP contribution in [0.1, 0.15) is 18.9 Å². The highest BCUT2D eigenvalue weighted by molar-refractivity contribution is 5.93. The zero-order chi connectivity index (χ0) is 16.4. The molecule has 2 aromatic heterocycles. The van der Waals surface area contributed by atoms with Crippen molar-refractivity contribution in [3.63, 3.8) is 0 Å². The smallest absolute Gasteiger partial charge is 0.224 e. The van der Waals surface area contributed by atoms with E-state index in [9.17, 15) is 4.79 Å². The van der Waals surface area contributed by atoms with Crippen molar-refractivity contribution in [3.8, 4) is 17.0 Å². The van der Waals surface area contributed by atoms with Crippen molar-refractivity contribution < 1.29 is 9.53 Å². The van der Waals surface area contributed by atoms with Crippen LogP contribution in [0.3, 0.4) is 0 Å². The number of imidazole rings is 1. The molecule has 0 saturated carbocycles. The number of carbonyl (C=O) groups is 1. The largest absolute Gasteiger partial charge is 0.495 e. The first-order chi connectivity index (χ1) is 11.1. The van der Waals surface area contributed by atoms with Gasteiger partial charge in [-0.1, -0.05) is 13.0 Å². The van der Waals surface area contributed by atoms with Crippen LogP contribution in [-0.4, -0.2) is 22.4 Å². The van der Waals surface area contributed by atoms with Gasteiger partial charge < -0.3 is 14.5 Å². The predicted molar refractivity (Wildman–Crippen MR) is 90.8 cm³/mol. The van der Waals surface area contributed by atoms with Gasteiger partial charge in [-0.25, -0.2) is 4.98 Å². The lowest BCUT2D eigenvalue weighted by molar-refractivity contribution is -0.115. The number of ether oxygens (including phenoxy) is 1. The molecule has 0 saturated heterocycles. The van der Waals surface area contributed by atoms with Crippen molar-refractivity contribution in [2.45, 2.75) is 20.3 Å². The molecule has 0 unspecified atom stereocenters. The van der Waals surface area contributed by atoms with E-state index in [4.69, 9.17) is 4.74 Å². The SMILES string of the molecule is CCC(=O)Nc1cc(-c2cn3cccc(C)c3n2)ccc1OC. The number of fused-ring (bicyclic) bond motifs is 1. The summed E-state index contributed by atoms with van der Waals surface area (Å²) in [6, 6.07) is 9.71. The summed E-state index contributed by atoms with van der Waals surface area (Å²) in [6.45, 7) is 3.85. The van der Waals surface area contributed by atoms with E-state index in [0.717, 1.165) is 22.5 Å². The number of pyridine rings is 1. The number of hydrogen-bond acceptors (Lipinski definition) is 3. The Hall–Kier alpha value is -2.82. The van der Waals surface area contributed by atoms with Crippen LogP contribution in [0.2, 0.25) is 0 Å². The Morgan fingerprint density at radius 1 is 1.35 bits per heavy atom. The Bertz CT molecular complexity index is 868. The predicted octanol–water partition coefficient (Wildman–Crippen LogP) is 3.67. The van der Waals surface area contributed by atoms with E-state index < -0.39 is 0 Å². The van der Waals surface area contributed by atoms with Crippen molar-refractivity contribution >= 4 is 17.2 Å². The lowest BCUT2D eigenvalue weighted by atomic mass is 10.1. The van der Waals surface area contributed by atoms with E-state index in [-0.39, 0.29) is 5.91 Å². The molecule has 23 heavy (non-hydrogen) atoms. The molecule has 0 bridgehead atoms. The zero-order valence-electron chi connectivity index (χ0n) is 13.5. The molecule has 0 aliphatic rings. The van der Waals surface area contributed by atoms with E-state index in [0.29, 0.717) is 17.9 Å². The van der Waals surface area contributed by atoms with Gasteiger partial charge in [0, 0.05) is 24.4 Å². The van der Waals surface area contributed by atoms with Crippen LogP contribution < -0.4 is 10.1 Å². The van der Waals surface area contributed by atoms with Crippen molar-refractivity contribution in [2.75, 3.05) is 12.4 Å². The highest BCUT2D eigenvalue weighted by Gasteiger charge is 2.11. The normalized spacial score (nSPS) is 10.7. The van der Waals surface area contributed by atoms with E-state index in [2.05, 4.69) is 10.3 Å². The lowest BCUT2D eigenvalue weighted by Gasteiger charge is -2.10. The van der Waals surface area contributed by atoms with Gasteiger partial charge in [0.1, 0.15) is 11.4 Å². The molecule has 3 aromatic rings. The maximum absolute atomic E-state index is 11.7. The zero-order valence-corrected chi connectivity index (χ0v) is 13.5. The Balaban J connectivity index is 2.06. The van der Waals surface area contributed by atoms with Crippen LogP contribution >= 0.6 is 0 Å². The minimum absolute atomic E-state index is 0.0497. The summed E-state index contributed by atoms with van der Waals surface area (Å²) in [5.41, 5.74) is 4.49. The molecule has 5 nitrogen and oxygen atoms in total. The van der Waals surface area contributed by atoms with Gasteiger partial charge in [0.2, 0.25) is 5.91 Å². The average molecular weight is 309 g/mol. The molecule has 0 radical (unpaired) electrons. The van der Waals surface area contributed by atoms with Crippen LogP contribution in [0.15, 0.2) is 42.7 Å². The molecular weight excluding hydrogens is 290 g/mol. The van der Waals surface area contributed by atoms with Gasteiger partial charge in [-0.2, -0.15) is 0 Å². The topological polar surface area (TPSA) is 55.6 Å². The fourth-order valence-electron chi connectivity index (χ4n) is 2.50. The molecule has 0 aliphatic carbocycles. The summed E-state index contributed by atoms with van der Waals surface area (Å²) < 4.78 is 7.32. The van der Waals surface area contributed by atoms with Gasteiger partial charge in [-0.3, -0.25) is 4.79 Å². The maximum Gasteiger partial charge on any atom is 0.224 e. The van der Waals surface area contributed by atoms with Crippen molar-refractivity contribution in [1.82, 2.24) is 9.38 Å². The molecule has 1 aromatic carbocycles. The summed E-state index contributed by atoms with van der Waals surface area (Å²) in [6.07, 6.45) is 4.37. The number of benzene rings is 1. The summed E-state index contributed by atoms with van der Waals surface area (Å²) in [7, 11) is 1.59. The number of hydrogen-bond donors (Lipinski definition) is 1. The van der Waals surface area contributed by atoms with E-state index >= 15 is 0 Å². The molecule has 3 rings (SSSR count). The highest BCUT2D eigenvalue weighted by atomic mass is 16.5. The van der Waals surface area contributed by atoms with Crippen LogP contribution in [0.5, 0.6) is 5.75 Å². The molecule has 5 heteroatoms. The first-order valence-corrected chi connectivity index (χ1v) is 7.55. The molecule has 2 heterocycles. The third kappa shape index (κ3) is 2.90. The van der Waals surface area contributed by atoms with Gasteiger partial charge in [0.25, 0.3) is 0 Å².